The van der Waals surface area contributed by atoms with Crippen molar-refractivity contribution in [1.82, 2.24) is 0 Å². The summed E-state index contributed by atoms with van der Waals surface area (Å²) < 4.78 is 20.3. The van der Waals surface area contributed by atoms with E-state index in [9.17, 15) is 9.18 Å². The SMILES string of the molecule is O=C(O)CCc1ccc2c(c1)CCN(c1cc(OC3CC3)ccc1F)CC2. The van der Waals surface area contributed by atoms with Crippen LogP contribution >= 0.6 is 0 Å². The molecular weight excluding hydrogens is 345 g/mol. The molecule has 1 N–H and O–H groups in total. The molecule has 0 radical (unpaired) electrons. The number of carbonyl (C=O) groups is 1. The third kappa shape index (κ3) is 4.41. The summed E-state index contributed by atoms with van der Waals surface area (Å²) in [4.78, 5) is 12.9. The van der Waals surface area contributed by atoms with Crippen LogP contribution in [0.5, 0.6) is 5.75 Å². The molecule has 27 heavy (non-hydrogen) atoms. The van der Waals surface area contributed by atoms with Crippen LogP contribution in [0.15, 0.2) is 36.4 Å². The summed E-state index contributed by atoms with van der Waals surface area (Å²) in [5.41, 5.74) is 4.16. The zero-order valence-electron chi connectivity index (χ0n) is 15.3. The second kappa shape index (κ2) is 7.59. The fourth-order valence-electron chi connectivity index (χ4n) is 3.61. The summed E-state index contributed by atoms with van der Waals surface area (Å²) in [6.45, 7) is 1.49. The molecule has 0 unspecified atom stereocenters. The van der Waals surface area contributed by atoms with Crippen LogP contribution < -0.4 is 9.64 Å². The van der Waals surface area contributed by atoms with Gasteiger partial charge in [-0.15, -0.1) is 0 Å². The molecule has 1 heterocycles. The first-order valence-electron chi connectivity index (χ1n) is 9.62. The number of nitrogens with zero attached hydrogens (tertiary/aromatic N) is 1. The number of anilines is 1. The Hall–Kier alpha value is -2.56. The zero-order chi connectivity index (χ0) is 18.8. The number of fused-ring (bicyclic) bond motifs is 1. The van der Waals surface area contributed by atoms with E-state index >= 15 is 0 Å². The smallest absolute Gasteiger partial charge is 0.303 e. The third-order valence-corrected chi connectivity index (χ3v) is 5.29. The van der Waals surface area contributed by atoms with Gasteiger partial charge in [-0.25, -0.2) is 4.39 Å². The van der Waals surface area contributed by atoms with E-state index in [4.69, 9.17) is 9.84 Å². The van der Waals surface area contributed by atoms with Crippen LogP contribution in [-0.2, 0) is 24.1 Å². The van der Waals surface area contributed by atoms with Gasteiger partial charge in [-0.05, 0) is 60.9 Å². The van der Waals surface area contributed by atoms with Gasteiger partial charge in [-0.2, -0.15) is 0 Å². The van der Waals surface area contributed by atoms with E-state index in [1.807, 2.05) is 12.1 Å². The topological polar surface area (TPSA) is 49.8 Å². The highest BCUT2D eigenvalue weighted by atomic mass is 19.1. The van der Waals surface area contributed by atoms with E-state index in [1.54, 1.807) is 6.07 Å². The largest absolute Gasteiger partial charge is 0.490 e. The molecule has 2 aromatic rings. The van der Waals surface area contributed by atoms with Crippen LogP contribution in [0.3, 0.4) is 0 Å². The third-order valence-electron chi connectivity index (χ3n) is 5.29. The van der Waals surface area contributed by atoms with E-state index in [-0.39, 0.29) is 12.2 Å². The van der Waals surface area contributed by atoms with Gasteiger partial charge in [0.05, 0.1) is 11.8 Å². The Morgan fingerprint density at radius 1 is 1.11 bits per heavy atom. The van der Waals surface area contributed by atoms with Gasteiger partial charge < -0.3 is 14.7 Å². The van der Waals surface area contributed by atoms with E-state index in [1.165, 1.54) is 17.2 Å². The Kier molecular flexibility index (Phi) is 5.01. The monoisotopic (exact) mass is 369 g/mol. The van der Waals surface area contributed by atoms with Crippen LogP contribution in [0, 0.1) is 5.82 Å². The van der Waals surface area contributed by atoms with Gasteiger partial charge in [-0.3, -0.25) is 4.79 Å². The van der Waals surface area contributed by atoms with Crippen molar-refractivity contribution in [3.63, 3.8) is 0 Å². The summed E-state index contributed by atoms with van der Waals surface area (Å²) in [5, 5.41) is 8.87. The lowest BCUT2D eigenvalue weighted by molar-refractivity contribution is -0.136. The molecule has 1 saturated carbocycles. The number of carboxylic acid groups (broad SMARTS) is 1. The highest BCUT2D eigenvalue weighted by Crippen LogP contribution is 2.32. The van der Waals surface area contributed by atoms with Gasteiger partial charge in [0.2, 0.25) is 0 Å². The molecule has 0 bridgehead atoms. The van der Waals surface area contributed by atoms with E-state index in [0.717, 1.165) is 50.1 Å². The van der Waals surface area contributed by atoms with Crippen molar-refractivity contribution in [1.29, 1.82) is 0 Å². The number of rotatable bonds is 6. The maximum absolute atomic E-state index is 14.5. The summed E-state index contributed by atoms with van der Waals surface area (Å²) in [5.74, 6) is -0.252. The fourth-order valence-corrected chi connectivity index (χ4v) is 3.61. The van der Waals surface area contributed by atoms with Crippen molar-refractivity contribution in [2.24, 2.45) is 0 Å². The average molecular weight is 369 g/mol. The molecular formula is C22H24FNO3. The van der Waals surface area contributed by atoms with Crippen molar-refractivity contribution in [2.45, 2.75) is 44.6 Å². The van der Waals surface area contributed by atoms with Crippen LogP contribution in [0.2, 0.25) is 0 Å². The van der Waals surface area contributed by atoms with Gasteiger partial charge in [-0.1, -0.05) is 18.2 Å². The Labute approximate surface area is 158 Å². The minimum Gasteiger partial charge on any atom is -0.490 e. The number of aryl methyl sites for hydroxylation is 1. The number of benzene rings is 2. The summed E-state index contributed by atoms with van der Waals surface area (Å²) in [6, 6.07) is 11.3. The predicted octanol–water partition coefficient (Wildman–Crippen LogP) is 3.99. The molecule has 1 aliphatic heterocycles. The molecule has 0 saturated heterocycles. The maximum atomic E-state index is 14.5. The average Bonchev–Trinajstić information content (AvgIpc) is 3.48. The normalized spacial score (nSPS) is 16.6. The highest BCUT2D eigenvalue weighted by molar-refractivity contribution is 5.67. The van der Waals surface area contributed by atoms with E-state index in [2.05, 4.69) is 17.0 Å². The second-order valence-corrected chi connectivity index (χ2v) is 7.41. The van der Waals surface area contributed by atoms with Crippen LogP contribution in [0.1, 0.15) is 36.0 Å². The molecule has 1 fully saturated rings. The van der Waals surface area contributed by atoms with Crippen LogP contribution in [-0.4, -0.2) is 30.3 Å². The highest BCUT2D eigenvalue weighted by Gasteiger charge is 2.24. The number of carboxylic acids is 1. The van der Waals surface area contributed by atoms with Crippen LogP contribution in [0.25, 0.3) is 0 Å². The Morgan fingerprint density at radius 3 is 2.63 bits per heavy atom. The summed E-state index contributed by atoms with van der Waals surface area (Å²) >= 11 is 0. The van der Waals surface area contributed by atoms with Gasteiger partial charge in [0.25, 0.3) is 0 Å². The zero-order valence-corrected chi connectivity index (χ0v) is 15.3. The van der Waals surface area contributed by atoms with E-state index < -0.39 is 5.97 Å². The van der Waals surface area contributed by atoms with E-state index in [0.29, 0.717) is 18.2 Å². The first-order chi connectivity index (χ1) is 13.1. The predicted molar refractivity (Wildman–Crippen MR) is 102 cm³/mol. The first kappa shape index (κ1) is 17.8. The van der Waals surface area contributed by atoms with Gasteiger partial charge in [0.1, 0.15) is 11.6 Å². The molecule has 5 heteroatoms. The second-order valence-electron chi connectivity index (χ2n) is 7.41. The molecule has 0 amide bonds. The minimum atomic E-state index is -0.778. The first-order valence-corrected chi connectivity index (χ1v) is 9.62. The molecule has 0 atom stereocenters. The summed E-state index contributed by atoms with van der Waals surface area (Å²) in [7, 11) is 0. The molecule has 2 aliphatic rings. The van der Waals surface area contributed by atoms with Gasteiger partial charge >= 0.3 is 5.97 Å². The number of hydrogen-bond acceptors (Lipinski definition) is 3. The lowest BCUT2D eigenvalue weighted by Gasteiger charge is -2.23. The minimum absolute atomic E-state index is 0.143. The van der Waals surface area contributed by atoms with Crippen molar-refractivity contribution < 1.29 is 19.0 Å². The molecule has 4 rings (SSSR count). The maximum Gasteiger partial charge on any atom is 0.303 e. The van der Waals surface area contributed by atoms with Crippen molar-refractivity contribution >= 4 is 11.7 Å². The molecule has 2 aromatic carbocycles. The summed E-state index contributed by atoms with van der Waals surface area (Å²) in [6.07, 6.45) is 4.81. The van der Waals surface area contributed by atoms with Crippen molar-refractivity contribution in [3.05, 3.63) is 58.9 Å². The van der Waals surface area contributed by atoms with Gasteiger partial charge in [0, 0.05) is 25.6 Å². The van der Waals surface area contributed by atoms with Crippen molar-refractivity contribution in [2.75, 3.05) is 18.0 Å². The van der Waals surface area contributed by atoms with Gasteiger partial charge in [0.15, 0.2) is 0 Å². The number of aliphatic carboxylic acids is 1. The quantitative estimate of drug-likeness (QED) is 0.837. The molecule has 142 valence electrons. The standard InChI is InChI=1S/C22H24FNO3/c23-20-7-6-19(27-18-4-5-18)14-21(20)24-11-9-16-3-1-15(2-8-22(25)26)13-17(16)10-12-24/h1,3,6-7,13-14,18H,2,4-5,8-12H2,(H,25,26). The molecule has 1 aliphatic carbocycles. The number of ether oxygens (including phenoxy) is 1. The van der Waals surface area contributed by atoms with Crippen LogP contribution in [0.4, 0.5) is 10.1 Å². The number of hydrogen-bond donors (Lipinski definition) is 1. The Bertz CT molecular complexity index is 847. The lowest BCUT2D eigenvalue weighted by Crippen LogP contribution is -2.27. The lowest BCUT2D eigenvalue weighted by atomic mass is 9.98. The number of halogens is 1. The fraction of sp³-hybridized carbons (Fsp3) is 0.409. The molecule has 4 nitrogen and oxygen atoms in total. The molecule has 0 aromatic heterocycles. The van der Waals surface area contributed by atoms with Crippen molar-refractivity contribution in [3.8, 4) is 5.75 Å². The molecule has 0 spiro atoms. The Balaban J connectivity index is 1.48. The Morgan fingerprint density at radius 2 is 1.89 bits per heavy atom.